The van der Waals surface area contributed by atoms with Gasteiger partial charge in [-0.3, -0.25) is 9.69 Å². The molecule has 0 spiro atoms. The fraction of sp³-hybridized carbons (Fsp3) is 0.562. The predicted octanol–water partition coefficient (Wildman–Crippen LogP) is 8.08. The first kappa shape index (κ1) is 29.5. The number of benzene rings is 2. The summed E-state index contributed by atoms with van der Waals surface area (Å²) >= 11 is 0. The molecular weight excluding hydrogens is 474 g/mol. The Balaban J connectivity index is 2.00. The summed E-state index contributed by atoms with van der Waals surface area (Å²) in [6.07, 6.45) is 3.80. The highest BCUT2D eigenvalue weighted by Gasteiger charge is 2.50. The number of anilines is 2. The zero-order chi connectivity index (χ0) is 28.1. The van der Waals surface area contributed by atoms with Gasteiger partial charge in [0, 0.05) is 11.4 Å². The van der Waals surface area contributed by atoms with Crippen LogP contribution in [0, 0.1) is 5.41 Å². The molecule has 0 aromatic heterocycles. The summed E-state index contributed by atoms with van der Waals surface area (Å²) in [7, 11) is 0. The maximum atomic E-state index is 13.6. The van der Waals surface area contributed by atoms with Crippen molar-refractivity contribution in [3.8, 4) is 0 Å². The quantitative estimate of drug-likeness (QED) is 0.311. The normalized spacial score (nSPS) is 16.2. The average Bonchev–Trinajstić information content (AvgIpc) is 2.83. The second kappa shape index (κ2) is 12.2. The number of para-hydroxylation sites is 2. The standard InChI is InChI=1S/C32H47N3O3/c1-22(2)25-17-14-18-26(23(3)4)28(25)33-27(36)21-35(30(37)38)29(31(5,6)7)32(19-12-9-13-20-32)34-24-15-10-8-11-16-24/h8,10-11,14-18,22-23,29,34H,9,12-13,19-21H2,1-7H3,(H,33,36)(H,37,38). The summed E-state index contributed by atoms with van der Waals surface area (Å²) in [6.45, 7) is 14.5. The van der Waals surface area contributed by atoms with E-state index < -0.39 is 23.1 Å². The van der Waals surface area contributed by atoms with E-state index in [9.17, 15) is 14.7 Å². The van der Waals surface area contributed by atoms with Gasteiger partial charge in [0.2, 0.25) is 5.91 Å². The van der Waals surface area contributed by atoms with Crippen LogP contribution in [-0.4, -0.2) is 40.1 Å². The molecule has 1 unspecified atom stereocenters. The largest absolute Gasteiger partial charge is 0.465 e. The van der Waals surface area contributed by atoms with Crippen molar-refractivity contribution in [2.75, 3.05) is 17.2 Å². The molecule has 1 atom stereocenters. The van der Waals surface area contributed by atoms with Crippen molar-refractivity contribution in [1.29, 1.82) is 0 Å². The van der Waals surface area contributed by atoms with E-state index in [-0.39, 0.29) is 24.3 Å². The zero-order valence-electron chi connectivity index (χ0n) is 24.3. The van der Waals surface area contributed by atoms with E-state index in [0.29, 0.717) is 0 Å². The number of amides is 2. The molecule has 6 heteroatoms. The fourth-order valence-corrected chi connectivity index (χ4v) is 6.35. The third-order valence-corrected chi connectivity index (χ3v) is 7.77. The monoisotopic (exact) mass is 521 g/mol. The number of hydrogen-bond acceptors (Lipinski definition) is 3. The van der Waals surface area contributed by atoms with Crippen molar-refractivity contribution in [3.63, 3.8) is 0 Å². The first-order valence-electron chi connectivity index (χ1n) is 14.1. The molecule has 0 aliphatic heterocycles. The van der Waals surface area contributed by atoms with Gasteiger partial charge in [-0.25, -0.2) is 4.79 Å². The molecule has 1 aliphatic carbocycles. The molecular formula is C32H47N3O3. The first-order chi connectivity index (χ1) is 17.9. The Bertz CT molecular complexity index is 1060. The molecule has 2 amide bonds. The molecule has 0 bridgehead atoms. The molecule has 0 radical (unpaired) electrons. The summed E-state index contributed by atoms with van der Waals surface area (Å²) in [4.78, 5) is 27.9. The summed E-state index contributed by atoms with van der Waals surface area (Å²) in [5, 5.41) is 17.4. The predicted molar refractivity (Wildman–Crippen MR) is 157 cm³/mol. The molecule has 38 heavy (non-hydrogen) atoms. The van der Waals surface area contributed by atoms with Gasteiger partial charge in [0.1, 0.15) is 6.54 Å². The van der Waals surface area contributed by atoms with E-state index in [1.165, 1.54) is 4.90 Å². The Hall–Kier alpha value is -3.02. The van der Waals surface area contributed by atoms with Crippen LogP contribution in [0.15, 0.2) is 48.5 Å². The van der Waals surface area contributed by atoms with Crippen molar-refractivity contribution in [1.82, 2.24) is 4.90 Å². The Labute approximate surface area is 229 Å². The molecule has 1 saturated carbocycles. The lowest BCUT2D eigenvalue weighted by Gasteiger charge is -2.53. The third kappa shape index (κ3) is 6.89. The van der Waals surface area contributed by atoms with Gasteiger partial charge >= 0.3 is 6.09 Å². The van der Waals surface area contributed by atoms with Crippen molar-refractivity contribution in [2.24, 2.45) is 5.41 Å². The van der Waals surface area contributed by atoms with Crippen molar-refractivity contribution < 1.29 is 14.7 Å². The van der Waals surface area contributed by atoms with E-state index >= 15 is 0 Å². The number of nitrogens with one attached hydrogen (secondary N) is 2. The Morgan fingerprint density at radius 1 is 0.895 bits per heavy atom. The van der Waals surface area contributed by atoms with Crippen LogP contribution in [-0.2, 0) is 4.79 Å². The average molecular weight is 522 g/mol. The number of carbonyl (C=O) groups is 2. The summed E-state index contributed by atoms with van der Waals surface area (Å²) in [5.74, 6) is 0.146. The van der Waals surface area contributed by atoms with Gasteiger partial charge in [0.25, 0.3) is 0 Å². The highest BCUT2D eigenvalue weighted by atomic mass is 16.4. The molecule has 2 aromatic rings. The lowest BCUT2D eigenvalue weighted by Crippen LogP contribution is -2.65. The first-order valence-corrected chi connectivity index (χ1v) is 14.1. The summed E-state index contributed by atoms with van der Waals surface area (Å²) in [5.41, 5.74) is 3.04. The van der Waals surface area contributed by atoms with Gasteiger partial charge in [-0.15, -0.1) is 0 Å². The number of nitrogens with zero attached hydrogens (tertiary/aromatic N) is 1. The molecule has 1 aliphatic rings. The molecule has 3 N–H and O–H groups in total. The molecule has 6 nitrogen and oxygen atoms in total. The van der Waals surface area contributed by atoms with Gasteiger partial charge in [-0.1, -0.05) is 104 Å². The van der Waals surface area contributed by atoms with Crippen LogP contribution in [0.3, 0.4) is 0 Å². The van der Waals surface area contributed by atoms with Gasteiger partial charge in [0.15, 0.2) is 0 Å². The Morgan fingerprint density at radius 2 is 1.45 bits per heavy atom. The molecule has 3 rings (SSSR count). The molecule has 1 fully saturated rings. The second-order valence-electron chi connectivity index (χ2n) is 12.6. The minimum atomic E-state index is -1.07. The van der Waals surface area contributed by atoms with Crippen molar-refractivity contribution in [2.45, 2.75) is 104 Å². The number of rotatable bonds is 9. The van der Waals surface area contributed by atoms with E-state index in [2.05, 4.69) is 59.1 Å². The van der Waals surface area contributed by atoms with Gasteiger partial charge in [0.05, 0.1) is 11.6 Å². The highest BCUT2D eigenvalue weighted by molar-refractivity contribution is 5.95. The number of hydrogen-bond donors (Lipinski definition) is 3. The van der Waals surface area contributed by atoms with Crippen molar-refractivity contribution in [3.05, 3.63) is 59.7 Å². The maximum Gasteiger partial charge on any atom is 0.408 e. The Kier molecular flexibility index (Phi) is 9.50. The van der Waals surface area contributed by atoms with Crippen molar-refractivity contribution >= 4 is 23.4 Å². The van der Waals surface area contributed by atoms with Gasteiger partial charge in [-0.2, -0.15) is 0 Å². The van der Waals surface area contributed by atoms with E-state index in [0.717, 1.165) is 54.6 Å². The topological polar surface area (TPSA) is 81.7 Å². The fourth-order valence-electron chi connectivity index (χ4n) is 6.35. The van der Waals surface area contributed by atoms with Crippen LogP contribution < -0.4 is 10.6 Å². The summed E-state index contributed by atoms with van der Waals surface area (Å²) < 4.78 is 0. The van der Waals surface area contributed by atoms with Crippen LogP contribution >= 0.6 is 0 Å². The molecule has 2 aromatic carbocycles. The van der Waals surface area contributed by atoms with E-state index in [1.54, 1.807) is 0 Å². The maximum absolute atomic E-state index is 13.6. The molecule has 0 saturated heterocycles. The minimum Gasteiger partial charge on any atom is -0.465 e. The van der Waals surface area contributed by atoms with Crippen LogP contribution in [0.5, 0.6) is 0 Å². The SMILES string of the molecule is CC(C)c1cccc(C(C)C)c1NC(=O)CN(C(=O)O)C(C(C)(C)C)C1(Nc2ccccc2)CCCCC1. The minimum absolute atomic E-state index is 0.223. The van der Waals surface area contributed by atoms with Gasteiger partial charge in [-0.05, 0) is 53.4 Å². The lowest BCUT2D eigenvalue weighted by atomic mass is 9.66. The number of carboxylic acid groups (broad SMARTS) is 1. The smallest absolute Gasteiger partial charge is 0.408 e. The van der Waals surface area contributed by atoms with Crippen LogP contribution in [0.1, 0.15) is 104 Å². The number of carbonyl (C=O) groups excluding carboxylic acids is 1. The lowest BCUT2D eigenvalue weighted by molar-refractivity contribution is -0.118. The molecule has 0 heterocycles. The summed E-state index contributed by atoms with van der Waals surface area (Å²) in [6, 6.07) is 15.7. The van der Waals surface area contributed by atoms with Crippen LogP contribution in [0.25, 0.3) is 0 Å². The zero-order valence-corrected chi connectivity index (χ0v) is 24.3. The van der Waals surface area contributed by atoms with E-state index in [1.807, 2.05) is 48.5 Å². The second-order valence-corrected chi connectivity index (χ2v) is 12.6. The molecule has 208 valence electrons. The van der Waals surface area contributed by atoms with Gasteiger partial charge < -0.3 is 15.7 Å². The van der Waals surface area contributed by atoms with Crippen LogP contribution in [0.2, 0.25) is 0 Å². The van der Waals surface area contributed by atoms with E-state index in [4.69, 9.17) is 0 Å². The Morgan fingerprint density at radius 3 is 1.92 bits per heavy atom. The van der Waals surface area contributed by atoms with Crippen LogP contribution in [0.4, 0.5) is 16.2 Å². The third-order valence-electron chi connectivity index (χ3n) is 7.77. The highest BCUT2D eigenvalue weighted by Crippen LogP contribution is 2.43.